The van der Waals surface area contributed by atoms with Gasteiger partial charge >= 0.3 is 6.18 Å². The van der Waals surface area contributed by atoms with E-state index in [1.54, 1.807) is 19.1 Å². The number of alkyl halides is 3. The second kappa shape index (κ2) is 7.49. The van der Waals surface area contributed by atoms with Crippen molar-refractivity contribution >= 4 is 27.9 Å². The lowest BCUT2D eigenvalue weighted by atomic mass is 10.0. The van der Waals surface area contributed by atoms with Crippen LogP contribution in [-0.2, 0) is 6.18 Å². The molecule has 0 saturated heterocycles. The molecule has 1 atom stereocenters. The van der Waals surface area contributed by atoms with Gasteiger partial charge in [0.15, 0.2) is 23.0 Å². The number of benzene rings is 2. The van der Waals surface area contributed by atoms with Crippen LogP contribution in [0.5, 0.6) is 11.5 Å². The fraction of sp³-hybridized carbons (Fsp3) is 0.250. The standard InChI is InChI=1S/C20H19F3N6O2/c1-10(11-4-12(20(21,22)23)6-13(24)5-11)26-18-14-7-16(30-2)17(31-3)8-15(14)19-27-25-9-29(19)28-18/h4-10H,24H2,1-3H3,(H,26,28). The first-order chi connectivity index (χ1) is 14.7. The van der Waals surface area contributed by atoms with Crippen LogP contribution < -0.4 is 20.5 Å². The Kier molecular flexibility index (Phi) is 4.96. The van der Waals surface area contributed by atoms with Gasteiger partial charge in [-0.2, -0.15) is 17.7 Å². The molecule has 0 amide bonds. The molecule has 4 aromatic rings. The van der Waals surface area contributed by atoms with Gasteiger partial charge < -0.3 is 20.5 Å². The normalized spacial score (nSPS) is 12.8. The Morgan fingerprint density at radius 3 is 2.35 bits per heavy atom. The molecule has 1 unspecified atom stereocenters. The van der Waals surface area contributed by atoms with Gasteiger partial charge in [-0.15, -0.1) is 15.3 Å². The molecule has 8 nitrogen and oxygen atoms in total. The minimum Gasteiger partial charge on any atom is -0.493 e. The van der Waals surface area contributed by atoms with Crippen LogP contribution in [0.15, 0.2) is 36.7 Å². The molecule has 0 radical (unpaired) electrons. The van der Waals surface area contributed by atoms with Crippen LogP contribution >= 0.6 is 0 Å². The highest BCUT2D eigenvalue weighted by Gasteiger charge is 2.31. The number of nitrogen functional groups attached to an aromatic ring is 1. The van der Waals surface area contributed by atoms with Gasteiger partial charge in [-0.1, -0.05) is 0 Å². The van der Waals surface area contributed by atoms with Crippen molar-refractivity contribution in [3.05, 3.63) is 47.8 Å². The monoisotopic (exact) mass is 432 g/mol. The van der Waals surface area contributed by atoms with Gasteiger partial charge in [-0.25, -0.2) is 0 Å². The number of hydrogen-bond acceptors (Lipinski definition) is 7. The average molecular weight is 432 g/mol. The van der Waals surface area contributed by atoms with Crippen molar-refractivity contribution in [3.8, 4) is 11.5 Å². The highest BCUT2D eigenvalue weighted by atomic mass is 19.4. The van der Waals surface area contributed by atoms with E-state index in [1.807, 2.05) is 0 Å². The van der Waals surface area contributed by atoms with Crippen LogP contribution in [0, 0.1) is 0 Å². The Hall–Kier alpha value is -3.76. The van der Waals surface area contributed by atoms with Crippen molar-refractivity contribution in [2.45, 2.75) is 19.1 Å². The summed E-state index contributed by atoms with van der Waals surface area (Å²) in [6.45, 7) is 1.72. The quantitative estimate of drug-likeness (QED) is 0.459. The molecule has 3 N–H and O–H groups in total. The molecule has 0 saturated carbocycles. The largest absolute Gasteiger partial charge is 0.493 e. The fourth-order valence-electron chi connectivity index (χ4n) is 3.39. The van der Waals surface area contributed by atoms with E-state index in [1.165, 1.54) is 31.1 Å². The van der Waals surface area contributed by atoms with Crippen LogP contribution in [0.3, 0.4) is 0 Å². The SMILES string of the molecule is COc1cc2c(NC(C)c3cc(N)cc(C(F)(F)F)c3)nn3cnnc3c2cc1OC. The zero-order valence-corrected chi connectivity index (χ0v) is 16.9. The Bertz CT molecular complexity index is 1270. The predicted molar refractivity (Wildman–Crippen MR) is 109 cm³/mol. The Morgan fingerprint density at radius 2 is 1.71 bits per heavy atom. The van der Waals surface area contributed by atoms with E-state index < -0.39 is 17.8 Å². The van der Waals surface area contributed by atoms with Crippen molar-refractivity contribution < 1.29 is 22.6 Å². The van der Waals surface area contributed by atoms with Crippen LogP contribution in [0.25, 0.3) is 16.4 Å². The number of nitrogens with two attached hydrogens (primary N) is 1. The minimum absolute atomic E-state index is 0.0250. The highest BCUT2D eigenvalue weighted by Crippen LogP contribution is 2.38. The van der Waals surface area contributed by atoms with Gasteiger partial charge in [-0.3, -0.25) is 0 Å². The summed E-state index contributed by atoms with van der Waals surface area (Å²) in [4.78, 5) is 0. The summed E-state index contributed by atoms with van der Waals surface area (Å²) in [5.74, 6) is 1.38. The number of rotatable bonds is 5. The summed E-state index contributed by atoms with van der Waals surface area (Å²) in [6.07, 6.45) is -3.07. The summed E-state index contributed by atoms with van der Waals surface area (Å²) in [7, 11) is 3.03. The molecule has 2 aromatic heterocycles. The van der Waals surface area contributed by atoms with Crippen LogP contribution in [0.2, 0.25) is 0 Å². The molecular weight excluding hydrogens is 413 g/mol. The maximum absolute atomic E-state index is 13.2. The number of halogens is 3. The lowest BCUT2D eigenvalue weighted by Gasteiger charge is -2.19. The maximum Gasteiger partial charge on any atom is 0.416 e. The van der Waals surface area contributed by atoms with Crippen molar-refractivity contribution in [1.29, 1.82) is 0 Å². The molecule has 11 heteroatoms. The first-order valence-electron chi connectivity index (χ1n) is 9.21. The highest BCUT2D eigenvalue weighted by molar-refractivity contribution is 6.01. The van der Waals surface area contributed by atoms with E-state index in [0.29, 0.717) is 39.3 Å². The number of fused-ring (bicyclic) bond motifs is 3. The first-order valence-corrected chi connectivity index (χ1v) is 9.21. The molecule has 0 spiro atoms. The maximum atomic E-state index is 13.2. The van der Waals surface area contributed by atoms with Crippen molar-refractivity contribution in [1.82, 2.24) is 19.8 Å². The summed E-state index contributed by atoms with van der Waals surface area (Å²) in [6, 6.07) is 6.41. The lowest BCUT2D eigenvalue weighted by Crippen LogP contribution is -2.13. The molecule has 2 heterocycles. The number of anilines is 2. The van der Waals surface area contributed by atoms with E-state index in [9.17, 15) is 13.2 Å². The zero-order chi connectivity index (χ0) is 22.3. The lowest BCUT2D eigenvalue weighted by molar-refractivity contribution is -0.137. The summed E-state index contributed by atoms with van der Waals surface area (Å²) in [5.41, 5.74) is 5.79. The van der Waals surface area contributed by atoms with Gasteiger partial charge in [0.05, 0.1) is 25.8 Å². The Labute approximate surface area is 174 Å². The Morgan fingerprint density at radius 1 is 1.03 bits per heavy atom. The summed E-state index contributed by atoms with van der Waals surface area (Å²) in [5, 5.41) is 17.0. The number of nitrogens with zero attached hydrogens (tertiary/aromatic N) is 4. The van der Waals surface area contributed by atoms with Crippen molar-refractivity contribution in [3.63, 3.8) is 0 Å². The van der Waals surface area contributed by atoms with E-state index in [2.05, 4.69) is 20.6 Å². The molecule has 0 aliphatic heterocycles. The van der Waals surface area contributed by atoms with Crippen molar-refractivity contribution in [2.75, 3.05) is 25.3 Å². The molecule has 0 fully saturated rings. The third kappa shape index (κ3) is 3.74. The summed E-state index contributed by atoms with van der Waals surface area (Å²) >= 11 is 0. The molecule has 2 aromatic carbocycles. The molecule has 4 rings (SSSR count). The molecular formula is C20H19F3N6O2. The van der Waals surface area contributed by atoms with E-state index in [0.717, 1.165) is 12.1 Å². The summed E-state index contributed by atoms with van der Waals surface area (Å²) < 4.78 is 51.9. The van der Waals surface area contributed by atoms with Crippen LogP contribution in [-0.4, -0.2) is 34.0 Å². The Balaban J connectivity index is 1.83. The van der Waals surface area contributed by atoms with Gasteiger partial charge in [0.1, 0.15) is 6.33 Å². The van der Waals surface area contributed by atoms with Crippen LogP contribution in [0.1, 0.15) is 24.1 Å². The van der Waals surface area contributed by atoms with E-state index in [4.69, 9.17) is 15.2 Å². The number of nitrogens with one attached hydrogen (secondary N) is 1. The zero-order valence-electron chi connectivity index (χ0n) is 16.9. The second-order valence-corrected chi connectivity index (χ2v) is 6.95. The number of ether oxygens (including phenoxy) is 2. The van der Waals surface area contributed by atoms with Gasteiger partial charge in [0.2, 0.25) is 0 Å². The minimum atomic E-state index is -4.50. The van der Waals surface area contributed by atoms with Crippen molar-refractivity contribution in [2.24, 2.45) is 0 Å². The molecule has 0 bridgehead atoms. The number of hydrogen-bond donors (Lipinski definition) is 2. The van der Waals surface area contributed by atoms with Gasteiger partial charge in [0, 0.05) is 16.5 Å². The number of methoxy groups -OCH3 is 2. The first kappa shape index (κ1) is 20.5. The average Bonchev–Trinajstić information content (AvgIpc) is 3.20. The smallest absolute Gasteiger partial charge is 0.416 e. The molecule has 0 aliphatic rings. The predicted octanol–water partition coefficient (Wildman–Crippen LogP) is 4.07. The second-order valence-electron chi connectivity index (χ2n) is 6.95. The van der Waals surface area contributed by atoms with E-state index in [-0.39, 0.29) is 5.69 Å². The fourth-order valence-corrected chi connectivity index (χ4v) is 3.39. The number of aromatic nitrogens is 4. The van der Waals surface area contributed by atoms with Gasteiger partial charge in [0.25, 0.3) is 0 Å². The third-order valence-electron chi connectivity index (χ3n) is 4.92. The van der Waals surface area contributed by atoms with E-state index >= 15 is 0 Å². The molecule has 162 valence electrons. The topological polar surface area (TPSA) is 99.6 Å². The van der Waals surface area contributed by atoms with Gasteiger partial charge in [-0.05, 0) is 42.8 Å². The molecule has 31 heavy (non-hydrogen) atoms. The third-order valence-corrected chi connectivity index (χ3v) is 4.92. The molecule has 0 aliphatic carbocycles. The van der Waals surface area contributed by atoms with Crippen LogP contribution in [0.4, 0.5) is 24.7 Å².